The standard InChI is InChI=1S/C14H20FN3O5.2C2H6/c1-14(2,7-19)12(20)22-6-8-5-9(15)11(23-8)18-4-3-10(16)17-13(18)21;2*1-2/h3-4,8-9,11,19H,5-7H2,1-2H3,(H2,16,17,21);2*1-2H3. The van der Waals surface area contributed by atoms with E-state index in [0.29, 0.717) is 0 Å². The molecular formula is C18H32FN3O5. The number of carbonyl (C=O) groups excluding carboxylic acids is 1. The Balaban J connectivity index is 0.00000158. The third kappa shape index (κ3) is 6.91. The summed E-state index contributed by atoms with van der Waals surface area (Å²) in [7, 11) is 0. The lowest BCUT2D eigenvalue weighted by molar-refractivity contribution is -0.160. The van der Waals surface area contributed by atoms with Crippen LogP contribution in [-0.2, 0) is 14.3 Å². The first-order valence-electron chi connectivity index (χ1n) is 9.17. The van der Waals surface area contributed by atoms with E-state index in [1.54, 1.807) is 0 Å². The van der Waals surface area contributed by atoms with E-state index in [-0.39, 0.29) is 25.5 Å². The molecule has 0 aromatic carbocycles. The summed E-state index contributed by atoms with van der Waals surface area (Å²) in [5, 5.41) is 9.09. The van der Waals surface area contributed by atoms with Crippen LogP contribution in [0.25, 0.3) is 0 Å². The number of rotatable bonds is 5. The van der Waals surface area contributed by atoms with Crippen molar-refractivity contribution in [3.05, 3.63) is 22.7 Å². The Labute approximate surface area is 159 Å². The van der Waals surface area contributed by atoms with Crippen molar-refractivity contribution in [3.63, 3.8) is 0 Å². The molecule has 3 N–H and O–H groups in total. The van der Waals surface area contributed by atoms with E-state index in [1.807, 2.05) is 27.7 Å². The number of hydrogen-bond donors (Lipinski definition) is 2. The van der Waals surface area contributed by atoms with Crippen LogP contribution in [0.3, 0.4) is 0 Å². The van der Waals surface area contributed by atoms with Crippen molar-refractivity contribution in [3.8, 4) is 0 Å². The molecule has 3 unspecified atom stereocenters. The van der Waals surface area contributed by atoms with E-state index in [4.69, 9.17) is 20.3 Å². The number of alkyl halides is 1. The van der Waals surface area contributed by atoms with Gasteiger partial charge in [0.05, 0.1) is 18.1 Å². The van der Waals surface area contributed by atoms with Crippen LogP contribution >= 0.6 is 0 Å². The molecule has 3 atom stereocenters. The van der Waals surface area contributed by atoms with E-state index in [1.165, 1.54) is 26.1 Å². The smallest absolute Gasteiger partial charge is 0.351 e. The second-order valence-electron chi connectivity index (χ2n) is 6.08. The van der Waals surface area contributed by atoms with Crippen LogP contribution in [0.2, 0.25) is 0 Å². The fourth-order valence-electron chi connectivity index (χ4n) is 2.10. The lowest BCUT2D eigenvalue weighted by Gasteiger charge is -2.21. The van der Waals surface area contributed by atoms with Crippen molar-refractivity contribution in [2.24, 2.45) is 5.41 Å². The monoisotopic (exact) mass is 389 g/mol. The largest absolute Gasteiger partial charge is 0.462 e. The number of halogens is 1. The second-order valence-corrected chi connectivity index (χ2v) is 6.08. The number of aliphatic hydroxyl groups is 1. The molecule has 0 spiro atoms. The summed E-state index contributed by atoms with van der Waals surface area (Å²) in [6.45, 7) is 10.5. The average Bonchev–Trinajstić information content (AvgIpc) is 3.03. The first-order chi connectivity index (χ1) is 12.7. The minimum Gasteiger partial charge on any atom is -0.462 e. The van der Waals surface area contributed by atoms with Gasteiger partial charge in [-0.2, -0.15) is 4.98 Å². The van der Waals surface area contributed by atoms with Crippen molar-refractivity contribution in [2.75, 3.05) is 18.9 Å². The minimum atomic E-state index is -1.44. The minimum absolute atomic E-state index is 0.0195. The van der Waals surface area contributed by atoms with Gasteiger partial charge in [0, 0.05) is 12.6 Å². The molecule has 1 fully saturated rings. The number of nitrogens with two attached hydrogens (primary N) is 1. The van der Waals surface area contributed by atoms with Crippen molar-refractivity contribution < 1.29 is 23.8 Å². The molecule has 1 aromatic rings. The topological polar surface area (TPSA) is 117 Å². The zero-order chi connectivity index (χ0) is 21.2. The third-order valence-electron chi connectivity index (χ3n) is 3.60. The van der Waals surface area contributed by atoms with Gasteiger partial charge in [0.2, 0.25) is 0 Å². The van der Waals surface area contributed by atoms with Gasteiger partial charge in [0.1, 0.15) is 18.6 Å². The number of nitrogens with zero attached hydrogens (tertiary/aromatic N) is 2. The quantitative estimate of drug-likeness (QED) is 0.740. The lowest BCUT2D eigenvalue weighted by atomic mass is 9.95. The normalized spacial score (nSPS) is 21.4. The highest BCUT2D eigenvalue weighted by atomic mass is 19.1. The summed E-state index contributed by atoms with van der Waals surface area (Å²) in [5.74, 6) is -0.565. The maximum Gasteiger partial charge on any atom is 0.351 e. The van der Waals surface area contributed by atoms with Crippen molar-refractivity contribution >= 4 is 11.8 Å². The first kappa shape index (κ1) is 25.0. The van der Waals surface area contributed by atoms with Crippen LogP contribution in [0.15, 0.2) is 17.1 Å². The highest BCUT2D eigenvalue weighted by Crippen LogP contribution is 2.31. The Hall–Kier alpha value is -2.00. The number of aliphatic hydroxyl groups excluding tert-OH is 1. The predicted molar refractivity (Wildman–Crippen MR) is 101 cm³/mol. The molecule has 0 amide bonds. The molecule has 9 heteroatoms. The molecule has 0 bridgehead atoms. The summed E-state index contributed by atoms with van der Waals surface area (Å²) in [6, 6.07) is 1.37. The molecule has 156 valence electrons. The fourth-order valence-corrected chi connectivity index (χ4v) is 2.10. The molecule has 1 aliphatic heterocycles. The van der Waals surface area contributed by atoms with E-state index >= 15 is 0 Å². The van der Waals surface area contributed by atoms with Gasteiger partial charge in [-0.3, -0.25) is 9.36 Å². The maximum atomic E-state index is 14.1. The molecule has 0 saturated carbocycles. The van der Waals surface area contributed by atoms with Crippen LogP contribution < -0.4 is 11.4 Å². The molecule has 8 nitrogen and oxygen atoms in total. The van der Waals surface area contributed by atoms with Crippen molar-refractivity contribution in [1.82, 2.24) is 9.55 Å². The van der Waals surface area contributed by atoms with Crippen LogP contribution in [0.1, 0.15) is 54.2 Å². The molecule has 2 rings (SSSR count). The summed E-state index contributed by atoms with van der Waals surface area (Å²) in [4.78, 5) is 27.0. The van der Waals surface area contributed by atoms with Crippen LogP contribution in [0, 0.1) is 5.41 Å². The molecule has 0 aliphatic carbocycles. The predicted octanol–water partition coefficient (Wildman–Crippen LogP) is 2.07. The van der Waals surface area contributed by atoms with E-state index in [2.05, 4.69) is 4.98 Å². The summed E-state index contributed by atoms with van der Waals surface area (Å²) >= 11 is 0. The molecule has 27 heavy (non-hydrogen) atoms. The van der Waals surface area contributed by atoms with Crippen LogP contribution in [-0.4, -0.2) is 46.1 Å². The lowest BCUT2D eigenvalue weighted by Crippen LogP contribution is -2.33. The average molecular weight is 389 g/mol. The summed E-state index contributed by atoms with van der Waals surface area (Å²) in [6.07, 6.45) is -1.96. The second kappa shape index (κ2) is 11.7. The third-order valence-corrected chi connectivity index (χ3v) is 3.60. The zero-order valence-electron chi connectivity index (χ0n) is 16.9. The fraction of sp³-hybridized carbons (Fsp3) is 0.722. The number of carbonyl (C=O) groups is 1. The van der Waals surface area contributed by atoms with Gasteiger partial charge >= 0.3 is 11.7 Å². The van der Waals surface area contributed by atoms with Gasteiger partial charge < -0.3 is 20.3 Å². The van der Waals surface area contributed by atoms with E-state index < -0.39 is 35.6 Å². The number of nitrogen functional groups attached to an aromatic ring is 1. The SMILES string of the molecule is CC.CC.CC(C)(CO)C(=O)OCC1CC(F)C(n2ccc(N)nc2=O)O1. The number of hydrogen-bond acceptors (Lipinski definition) is 7. The van der Waals surface area contributed by atoms with E-state index in [0.717, 1.165) is 4.57 Å². The summed E-state index contributed by atoms with van der Waals surface area (Å²) in [5.41, 5.74) is 3.64. The zero-order valence-corrected chi connectivity index (χ0v) is 16.9. The van der Waals surface area contributed by atoms with Crippen LogP contribution in [0.5, 0.6) is 0 Å². The number of ether oxygens (including phenoxy) is 2. The molecule has 1 aliphatic rings. The van der Waals surface area contributed by atoms with Crippen LogP contribution in [0.4, 0.5) is 10.2 Å². The molecule has 0 radical (unpaired) electrons. The molecule has 2 heterocycles. The first-order valence-corrected chi connectivity index (χ1v) is 9.17. The maximum absolute atomic E-state index is 14.1. The Bertz CT molecular complexity index is 636. The van der Waals surface area contributed by atoms with Crippen molar-refractivity contribution in [1.29, 1.82) is 0 Å². The number of anilines is 1. The Morgan fingerprint density at radius 3 is 2.56 bits per heavy atom. The Morgan fingerprint density at radius 1 is 1.44 bits per heavy atom. The van der Waals surface area contributed by atoms with E-state index in [9.17, 15) is 14.0 Å². The number of esters is 1. The van der Waals surface area contributed by atoms with Crippen molar-refractivity contribution in [2.45, 2.75) is 66.5 Å². The number of aromatic nitrogens is 2. The van der Waals surface area contributed by atoms with Gasteiger partial charge in [0.25, 0.3) is 0 Å². The Morgan fingerprint density at radius 2 is 2.04 bits per heavy atom. The Kier molecular flexibility index (Phi) is 10.8. The van der Waals surface area contributed by atoms with Gasteiger partial charge in [-0.1, -0.05) is 27.7 Å². The van der Waals surface area contributed by atoms with Gasteiger partial charge in [0.15, 0.2) is 6.23 Å². The van der Waals surface area contributed by atoms with Gasteiger partial charge in [-0.25, -0.2) is 9.18 Å². The molecular weight excluding hydrogens is 357 g/mol. The molecule has 1 aromatic heterocycles. The molecule has 1 saturated heterocycles. The van der Waals surface area contributed by atoms with Gasteiger partial charge in [-0.05, 0) is 19.9 Å². The summed E-state index contributed by atoms with van der Waals surface area (Å²) < 4.78 is 25.6. The van der Waals surface area contributed by atoms with Gasteiger partial charge in [-0.15, -0.1) is 0 Å². The highest BCUT2D eigenvalue weighted by molar-refractivity contribution is 5.76. The highest BCUT2D eigenvalue weighted by Gasteiger charge is 2.39.